The van der Waals surface area contributed by atoms with Crippen LogP contribution >= 0.6 is 0 Å². The molecular weight excluding hydrogens is 405 g/mol. The van der Waals surface area contributed by atoms with E-state index in [1.165, 1.54) is 6.07 Å². The number of benzene rings is 3. The van der Waals surface area contributed by atoms with Gasteiger partial charge in [-0.3, -0.25) is 4.79 Å². The van der Waals surface area contributed by atoms with Crippen LogP contribution in [0.1, 0.15) is 48.6 Å². The zero-order valence-electron chi connectivity index (χ0n) is 18.4. The summed E-state index contributed by atoms with van der Waals surface area (Å²) in [6, 6.07) is 21.6. The molecule has 0 saturated heterocycles. The third-order valence-corrected chi connectivity index (χ3v) is 5.17. The average molecular weight is 432 g/mol. The lowest BCUT2D eigenvalue weighted by molar-refractivity contribution is 0.0943. The number of ether oxygens (including phenoxy) is 1. The van der Waals surface area contributed by atoms with Crippen LogP contribution in [0.4, 0.5) is 4.39 Å². The van der Waals surface area contributed by atoms with Gasteiger partial charge in [0.05, 0.1) is 17.6 Å². The lowest BCUT2D eigenvalue weighted by atomic mass is 10.1. The van der Waals surface area contributed by atoms with Crippen LogP contribution in [0, 0.1) is 5.82 Å². The highest BCUT2D eigenvalue weighted by molar-refractivity contribution is 5.97. The quantitative estimate of drug-likeness (QED) is 0.420. The van der Waals surface area contributed by atoms with Gasteiger partial charge in [-0.1, -0.05) is 36.4 Å². The minimum Gasteiger partial charge on any atom is -0.483 e. The van der Waals surface area contributed by atoms with Crippen LogP contribution in [0.5, 0.6) is 5.75 Å². The van der Waals surface area contributed by atoms with Gasteiger partial charge in [-0.2, -0.15) is 0 Å². The molecule has 0 spiro atoms. The monoisotopic (exact) mass is 431 g/mol. The topological polar surface area (TPSA) is 56.1 Å². The van der Waals surface area contributed by atoms with E-state index in [-0.39, 0.29) is 23.9 Å². The van der Waals surface area contributed by atoms with Crippen molar-refractivity contribution in [3.05, 3.63) is 95.6 Å². The average Bonchev–Trinajstić information content (AvgIpc) is 3.13. The number of halogens is 1. The summed E-state index contributed by atoms with van der Waals surface area (Å²) >= 11 is 0. The molecule has 4 rings (SSSR count). The van der Waals surface area contributed by atoms with E-state index in [9.17, 15) is 9.18 Å². The van der Waals surface area contributed by atoms with E-state index in [0.29, 0.717) is 29.0 Å². The zero-order chi connectivity index (χ0) is 22.7. The molecule has 5 nitrogen and oxygen atoms in total. The number of hydrogen-bond donors (Lipinski definition) is 1. The largest absolute Gasteiger partial charge is 0.483 e. The van der Waals surface area contributed by atoms with E-state index in [1.54, 1.807) is 24.3 Å². The van der Waals surface area contributed by atoms with Crippen LogP contribution in [0.2, 0.25) is 0 Å². The van der Waals surface area contributed by atoms with Crippen molar-refractivity contribution in [2.24, 2.45) is 0 Å². The lowest BCUT2D eigenvalue weighted by Gasteiger charge is -2.17. The molecule has 0 aliphatic carbocycles. The number of amides is 1. The van der Waals surface area contributed by atoms with Gasteiger partial charge in [0.25, 0.3) is 5.91 Å². The predicted octanol–water partition coefficient (Wildman–Crippen LogP) is 5.50. The Labute approximate surface area is 186 Å². The SMILES string of the molecule is CC(C)NC(=O)c1ccc2c(c1)nc(C(C)Oc1ccccc1)n2Cc1ccccc1F. The molecule has 0 fully saturated rings. The van der Waals surface area contributed by atoms with Crippen molar-refractivity contribution in [2.45, 2.75) is 39.5 Å². The molecule has 0 saturated carbocycles. The predicted molar refractivity (Wildman–Crippen MR) is 123 cm³/mol. The van der Waals surface area contributed by atoms with Gasteiger partial charge in [0.15, 0.2) is 11.9 Å². The highest BCUT2D eigenvalue weighted by Gasteiger charge is 2.20. The van der Waals surface area contributed by atoms with Gasteiger partial charge in [0, 0.05) is 17.2 Å². The summed E-state index contributed by atoms with van der Waals surface area (Å²) < 4.78 is 22.5. The maximum absolute atomic E-state index is 14.4. The number of carbonyl (C=O) groups is 1. The van der Waals surface area contributed by atoms with Gasteiger partial charge in [-0.25, -0.2) is 9.37 Å². The van der Waals surface area contributed by atoms with Crippen molar-refractivity contribution in [1.29, 1.82) is 0 Å². The number of fused-ring (bicyclic) bond motifs is 1. The fourth-order valence-electron chi connectivity index (χ4n) is 3.66. The summed E-state index contributed by atoms with van der Waals surface area (Å²) in [5, 5.41) is 2.90. The molecule has 1 aromatic heterocycles. The van der Waals surface area contributed by atoms with E-state index in [2.05, 4.69) is 5.32 Å². The molecule has 1 unspecified atom stereocenters. The number of rotatable bonds is 7. The summed E-state index contributed by atoms with van der Waals surface area (Å²) in [4.78, 5) is 17.3. The first kappa shape index (κ1) is 21.6. The maximum Gasteiger partial charge on any atom is 0.251 e. The summed E-state index contributed by atoms with van der Waals surface area (Å²) in [6.45, 7) is 6.05. The Hall–Kier alpha value is -3.67. The lowest BCUT2D eigenvalue weighted by Crippen LogP contribution is -2.29. The second-order valence-corrected chi connectivity index (χ2v) is 8.05. The highest BCUT2D eigenvalue weighted by atomic mass is 19.1. The molecule has 164 valence electrons. The summed E-state index contributed by atoms with van der Waals surface area (Å²) in [5.74, 6) is 0.959. The van der Waals surface area contributed by atoms with Crippen molar-refractivity contribution in [1.82, 2.24) is 14.9 Å². The molecule has 1 atom stereocenters. The molecule has 4 aromatic rings. The Morgan fingerprint density at radius 3 is 2.47 bits per heavy atom. The fourth-order valence-corrected chi connectivity index (χ4v) is 3.66. The molecule has 3 aromatic carbocycles. The first-order valence-electron chi connectivity index (χ1n) is 10.7. The standard InChI is InChI=1S/C26H26FN3O2/c1-17(2)28-26(31)19-13-14-24-23(15-19)29-25(18(3)32-21-10-5-4-6-11-21)30(24)16-20-9-7-8-12-22(20)27/h4-15,17-18H,16H2,1-3H3,(H,28,31). The fraction of sp³-hybridized carbons (Fsp3) is 0.231. The van der Waals surface area contributed by atoms with Crippen LogP contribution < -0.4 is 10.1 Å². The Bertz CT molecular complexity index is 1230. The van der Waals surface area contributed by atoms with Gasteiger partial charge in [-0.05, 0) is 57.2 Å². The van der Waals surface area contributed by atoms with E-state index in [4.69, 9.17) is 9.72 Å². The molecule has 32 heavy (non-hydrogen) atoms. The first-order valence-corrected chi connectivity index (χ1v) is 10.7. The van der Waals surface area contributed by atoms with E-state index in [1.807, 2.05) is 67.8 Å². The van der Waals surface area contributed by atoms with Crippen LogP contribution in [-0.2, 0) is 6.54 Å². The summed E-state index contributed by atoms with van der Waals surface area (Å²) in [6.07, 6.45) is -0.385. The number of nitrogens with zero attached hydrogens (tertiary/aromatic N) is 2. The van der Waals surface area contributed by atoms with Crippen LogP contribution in [0.15, 0.2) is 72.8 Å². The Morgan fingerprint density at radius 1 is 1.03 bits per heavy atom. The van der Waals surface area contributed by atoms with Gasteiger partial charge in [0.1, 0.15) is 11.6 Å². The first-order chi connectivity index (χ1) is 15.4. The Balaban J connectivity index is 1.76. The molecule has 0 bridgehead atoms. The number of imidazole rings is 1. The molecule has 1 amide bonds. The molecule has 0 radical (unpaired) electrons. The van der Waals surface area contributed by atoms with Crippen molar-refractivity contribution in [2.75, 3.05) is 0 Å². The van der Waals surface area contributed by atoms with E-state index >= 15 is 0 Å². The maximum atomic E-state index is 14.4. The molecule has 6 heteroatoms. The van der Waals surface area contributed by atoms with Gasteiger partial charge < -0.3 is 14.6 Å². The minimum absolute atomic E-state index is 0.0339. The summed E-state index contributed by atoms with van der Waals surface area (Å²) in [5.41, 5.74) is 2.57. The van der Waals surface area contributed by atoms with Crippen molar-refractivity contribution >= 4 is 16.9 Å². The molecule has 0 aliphatic rings. The number of hydrogen-bond acceptors (Lipinski definition) is 3. The van der Waals surface area contributed by atoms with Crippen molar-refractivity contribution in [3.63, 3.8) is 0 Å². The van der Waals surface area contributed by atoms with E-state index < -0.39 is 0 Å². The number of nitrogens with one attached hydrogen (secondary N) is 1. The molecule has 0 aliphatic heterocycles. The summed E-state index contributed by atoms with van der Waals surface area (Å²) in [7, 11) is 0. The zero-order valence-corrected chi connectivity index (χ0v) is 18.4. The number of carbonyl (C=O) groups excluding carboxylic acids is 1. The second kappa shape index (κ2) is 9.22. The molecule has 1 N–H and O–H groups in total. The van der Waals surface area contributed by atoms with E-state index in [0.717, 1.165) is 11.3 Å². The highest BCUT2D eigenvalue weighted by Crippen LogP contribution is 2.27. The number of para-hydroxylation sites is 1. The van der Waals surface area contributed by atoms with Gasteiger partial charge in [-0.15, -0.1) is 0 Å². The molecule has 1 heterocycles. The van der Waals surface area contributed by atoms with Gasteiger partial charge >= 0.3 is 0 Å². The third kappa shape index (κ3) is 4.64. The van der Waals surface area contributed by atoms with Crippen LogP contribution in [0.3, 0.4) is 0 Å². The minimum atomic E-state index is -0.385. The van der Waals surface area contributed by atoms with Crippen molar-refractivity contribution in [3.8, 4) is 5.75 Å². The second-order valence-electron chi connectivity index (χ2n) is 8.05. The Morgan fingerprint density at radius 2 is 1.75 bits per heavy atom. The normalized spacial score (nSPS) is 12.2. The van der Waals surface area contributed by atoms with Crippen molar-refractivity contribution < 1.29 is 13.9 Å². The third-order valence-electron chi connectivity index (χ3n) is 5.17. The van der Waals surface area contributed by atoms with Crippen LogP contribution in [0.25, 0.3) is 11.0 Å². The van der Waals surface area contributed by atoms with Gasteiger partial charge in [0.2, 0.25) is 0 Å². The Kier molecular flexibility index (Phi) is 6.21. The molecular formula is C26H26FN3O2. The number of aromatic nitrogens is 2. The smallest absolute Gasteiger partial charge is 0.251 e. The van der Waals surface area contributed by atoms with Crippen LogP contribution in [-0.4, -0.2) is 21.5 Å².